The molecule has 0 saturated heterocycles. The Bertz CT molecular complexity index is 202. The molecule has 0 aromatic carbocycles. The maximum Gasteiger partial charge on any atom is 0.0358 e. The first-order chi connectivity index (χ1) is 5.34. The molecule has 60 valence electrons. The second-order valence-corrected chi connectivity index (χ2v) is 2.77. The minimum Gasteiger partial charge on any atom is -0.398 e. The van der Waals surface area contributed by atoms with E-state index in [9.17, 15) is 0 Å². The quantitative estimate of drug-likeness (QED) is 0.552. The summed E-state index contributed by atoms with van der Waals surface area (Å²) in [6.45, 7) is 0. The predicted octanol–water partition coefficient (Wildman–Crippen LogP) is 1.98. The maximum absolute atomic E-state index is 7.10. The van der Waals surface area contributed by atoms with Crippen molar-refractivity contribution in [3.05, 3.63) is 23.4 Å². The number of nitrogens with one attached hydrogen (secondary N) is 1. The van der Waals surface area contributed by atoms with Gasteiger partial charge >= 0.3 is 0 Å². The smallest absolute Gasteiger partial charge is 0.0358 e. The van der Waals surface area contributed by atoms with Crippen molar-refractivity contribution in [1.29, 1.82) is 5.41 Å². The second kappa shape index (κ2) is 3.96. The van der Waals surface area contributed by atoms with E-state index in [0.29, 0.717) is 0 Å². The van der Waals surface area contributed by atoms with Gasteiger partial charge in [0, 0.05) is 11.9 Å². The van der Waals surface area contributed by atoms with Crippen molar-refractivity contribution in [3.63, 3.8) is 0 Å². The average Bonchev–Trinajstić information content (AvgIpc) is 1.98. The summed E-state index contributed by atoms with van der Waals surface area (Å²) in [7, 11) is 0. The molecule has 2 heteroatoms. The lowest BCUT2D eigenvalue weighted by Crippen LogP contribution is -2.02. The van der Waals surface area contributed by atoms with Crippen molar-refractivity contribution in [1.82, 2.24) is 0 Å². The number of hydrogen-bond acceptors (Lipinski definition) is 2. The van der Waals surface area contributed by atoms with Crippen molar-refractivity contribution < 1.29 is 0 Å². The van der Waals surface area contributed by atoms with Crippen molar-refractivity contribution in [2.75, 3.05) is 0 Å². The number of allylic oxidation sites excluding steroid dienone is 3. The van der Waals surface area contributed by atoms with E-state index >= 15 is 0 Å². The highest BCUT2D eigenvalue weighted by Gasteiger charge is 2.00. The molecule has 0 fully saturated rings. The molecule has 0 spiro atoms. The highest BCUT2D eigenvalue weighted by molar-refractivity contribution is 5.77. The van der Waals surface area contributed by atoms with Crippen LogP contribution in [-0.2, 0) is 0 Å². The Morgan fingerprint density at radius 1 is 1.45 bits per heavy atom. The van der Waals surface area contributed by atoms with E-state index in [1.165, 1.54) is 12.6 Å². The monoisotopic (exact) mass is 150 g/mol. The van der Waals surface area contributed by atoms with Gasteiger partial charge in [-0.1, -0.05) is 6.08 Å². The first-order valence-corrected chi connectivity index (χ1v) is 4.00. The molecule has 1 aliphatic rings. The Labute approximate surface area is 67.3 Å². The fourth-order valence-electron chi connectivity index (χ4n) is 1.19. The van der Waals surface area contributed by atoms with Crippen molar-refractivity contribution >= 4 is 6.21 Å². The number of nitrogens with two attached hydrogens (primary N) is 1. The first-order valence-electron chi connectivity index (χ1n) is 4.00. The number of hydrogen-bond donors (Lipinski definition) is 2. The molecule has 0 amide bonds. The molecule has 1 aliphatic carbocycles. The van der Waals surface area contributed by atoms with Crippen molar-refractivity contribution in [2.24, 2.45) is 5.73 Å². The van der Waals surface area contributed by atoms with Crippen LogP contribution in [0.5, 0.6) is 0 Å². The van der Waals surface area contributed by atoms with Gasteiger partial charge in [0.05, 0.1) is 0 Å². The molecule has 11 heavy (non-hydrogen) atoms. The standard InChI is InChI=1S/C9H14N2/c10-7-8-5-3-1-2-4-6-9(8)11/h4,6-7,10H,1-3,5,11H2. The van der Waals surface area contributed by atoms with E-state index in [-0.39, 0.29) is 0 Å². The third-order valence-electron chi connectivity index (χ3n) is 1.91. The maximum atomic E-state index is 7.10. The van der Waals surface area contributed by atoms with Crippen LogP contribution in [0, 0.1) is 5.41 Å². The largest absolute Gasteiger partial charge is 0.398 e. The molecule has 0 heterocycles. The van der Waals surface area contributed by atoms with Crippen molar-refractivity contribution in [2.45, 2.75) is 25.7 Å². The molecule has 0 bridgehead atoms. The van der Waals surface area contributed by atoms with Crippen LogP contribution in [0.3, 0.4) is 0 Å². The van der Waals surface area contributed by atoms with Gasteiger partial charge in [0.15, 0.2) is 0 Å². The van der Waals surface area contributed by atoms with Gasteiger partial charge in [-0.05, 0) is 37.3 Å². The van der Waals surface area contributed by atoms with Gasteiger partial charge in [-0.2, -0.15) is 0 Å². The minimum absolute atomic E-state index is 0.764. The Morgan fingerprint density at radius 2 is 2.27 bits per heavy atom. The molecule has 0 atom stereocenters. The Kier molecular flexibility index (Phi) is 2.90. The highest BCUT2D eigenvalue weighted by Crippen LogP contribution is 2.13. The zero-order valence-electron chi connectivity index (χ0n) is 6.64. The van der Waals surface area contributed by atoms with Crippen LogP contribution in [0.4, 0.5) is 0 Å². The van der Waals surface area contributed by atoms with Crippen LogP contribution in [0.25, 0.3) is 0 Å². The molecule has 2 nitrogen and oxygen atoms in total. The Balaban J connectivity index is 2.78. The van der Waals surface area contributed by atoms with Gasteiger partial charge in [0.25, 0.3) is 0 Å². The predicted molar refractivity (Wildman–Crippen MR) is 47.6 cm³/mol. The molecular weight excluding hydrogens is 136 g/mol. The van der Waals surface area contributed by atoms with E-state index in [0.717, 1.165) is 30.5 Å². The minimum atomic E-state index is 0.764. The molecule has 0 saturated carbocycles. The van der Waals surface area contributed by atoms with Crippen LogP contribution >= 0.6 is 0 Å². The summed E-state index contributed by atoms with van der Waals surface area (Å²) in [6.07, 6.45) is 9.80. The van der Waals surface area contributed by atoms with E-state index in [2.05, 4.69) is 6.08 Å². The Hall–Kier alpha value is -1.05. The van der Waals surface area contributed by atoms with Crippen LogP contribution in [0.1, 0.15) is 25.7 Å². The van der Waals surface area contributed by atoms with Gasteiger partial charge < -0.3 is 11.1 Å². The van der Waals surface area contributed by atoms with Gasteiger partial charge in [-0.15, -0.1) is 0 Å². The SMILES string of the molecule is N=CC1=C(N)C=CCCCC1. The molecule has 0 radical (unpaired) electrons. The Morgan fingerprint density at radius 3 is 3.00 bits per heavy atom. The van der Waals surface area contributed by atoms with Crippen LogP contribution < -0.4 is 5.73 Å². The van der Waals surface area contributed by atoms with E-state index in [4.69, 9.17) is 11.1 Å². The van der Waals surface area contributed by atoms with E-state index in [1.807, 2.05) is 6.08 Å². The zero-order valence-corrected chi connectivity index (χ0v) is 6.64. The van der Waals surface area contributed by atoms with E-state index < -0.39 is 0 Å². The van der Waals surface area contributed by atoms with Gasteiger partial charge in [0.1, 0.15) is 0 Å². The normalized spacial score (nSPS) is 19.3. The molecular formula is C9H14N2. The summed E-state index contributed by atoms with van der Waals surface area (Å²) in [5.74, 6) is 0. The lowest BCUT2D eigenvalue weighted by atomic mass is 10.0. The first kappa shape index (κ1) is 8.05. The molecule has 1 rings (SSSR count). The third-order valence-corrected chi connectivity index (χ3v) is 1.91. The fraction of sp³-hybridized carbons (Fsp3) is 0.444. The summed E-state index contributed by atoms with van der Waals surface area (Å²) in [5, 5.41) is 7.10. The lowest BCUT2D eigenvalue weighted by Gasteiger charge is -2.06. The lowest BCUT2D eigenvalue weighted by molar-refractivity contribution is 0.745. The number of rotatable bonds is 1. The van der Waals surface area contributed by atoms with Crippen LogP contribution in [-0.4, -0.2) is 6.21 Å². The van der Waals surface area contributed by atoms with Gasteiger partial charge in [-0.25, -0.2) is 0 Å². The molecule has 0 aromatic rings. The topological polar surface area (TPSA) is 49.9 Å². The molecule has 0 aliphatic heterocycles. The second-order valence-electron chi connectivity index (χ2n) is 2.77. The third kappa shape index (κ3) is 2.22. The summed E-state index contributed by atoms with van der Waals surface area (Å²) in [4.78, 5) is 0. The summed E-state index contributed by atoms with van der Waals surface area (Å²) < 4.78 is 0. The average molecular weight is 150 g/mol. The zero-order chi connectivity index (χ0) is 8.10. The summed E-state index contributed by atoms with van der Waals surface area (Å²) in [5.41, 5.74) is 7.44. The summed E-state index contributed by atoms with van der Waals surface area (Å²) >= 11 is 0. The van der Waals surface area contributed by atoms with Crippen LogP contribution in [0.15, 0.2) is 23.4 Å². The van der Waals surface area contributed by atoms with Gasteiger partial charge in [-0.3, -0.25) is 0 Å². The summed E-state index contributed by atoms with van der Waals surface area (Å²) in [6, 6.07) is 0. The molecule has 3 N–H and O–H groups in total. The fourth-order valence-corrected chi connectivity index (χ4v) is 1.19. The highest BCUT2D eigenvalue weighted by atomic mass is 14.6. The molecule has 0 aromatic heterocycles. The van der Waals surface area contributed by atoms with Crippen molar-refractivity contribution in [3.8, 4) is 0 Å². The van der Waals surface area contributed by atoms with E-state index in [1.54, 1.807) is 0 Å². The molecule has 0 unspecified atom stereocenters. The van der Waals surface area contributed by atoms with Crippen LogP contribution in [0.2, 0.25) is 0 Å². The van der Waals surface area contributed by atoms with Gasteiger partial charge in [0.2, 0.25) is 0 Å².